The highest BCUT2D eigenvalue weighted by atomic mass is 16.5. The number of benzene rings is 2. The number of fused-ring (bicyclic) bond motifs is 1. The second-order valence-electron chi connectivity index (χ2n) is 9.94. The molecule has 9 heteroatoms. The first-order valence-corrected chi connectivity index (χ1v) is 11.8. The molecular weight excluding hydrogens is 448 g/mol. The maximum Gasteiger partial charge on any atom is 0.273 e. The van der Waals surface area contributed by atoms with E-state index in [1.807, 2.05) is 70.2 Å². The molecule has 0 bridgehead atoms. The van der Waals surface area contributed by atoms with E-state index < -0.39 is 35.3 Å². The summed E-state index contributed by atoms with van der Waals surface area (Å²) in [4.78, 5) is 39.1. The van der Waals surface area contributed by atoms with Gasteiger partial charge in [0.1, 0.15) is 12.1 Å². The molecule has 1 unspecified atom stereocenters. The van der Waals surface area contributed by atoms with Crippen LogP contribution in [0.1, 0.15) is 39.7 Å². The van der Waals surface area contributed by atoms with Crippen LogP contribution in [0.2, 0.25) is 0 Å². The first kappa shape index (κ1) is 28.2. The number of nitrogens with one attached hydrogen (secondary N) is 3. The number of ether oxygens (including phenoxy) is 1. The molecule has 2 rings (SSSR count). The van der Waals surface area contributed by atoms with E-state index in [0.717, 1.165) is 16.3 Å². The van der Waals surface area contributed by atoms with Crippen molar-refractivity contribution < 1.29 is 24.3 Å². The molecule has 0 heterocycles. The maximum absolute atomic E-state index is 13.6. The van der Waals surface area contributed by atoms with Gasteiger partial charge in [0.25, 0.3) is 11.8 Å². The molecule has 3 amide bonds. The van der Waals surface area contributed by atoms with Crippen molar-refractivity contribution in [2.24, 2.45) is 11.3 Å². The molecule has 0 spiro atoms. The Bertz CT molecular complexity index is 1020. The lowest BCUT2D eigenvalue weighted by Gasteiger charge is -2.33. The second-order valence-corrected chi connectivity index (χ2v) is 9.94. The Labute approximate surface area is 207 Å². The number of amides is 3. The van der Waals surface area contributed by atoms with Crippen LogP contribution in [0.3, 0.4) is 0 Å². The summed E-state index contributed by atoms with van der Waals surface area (Å²) in [6.45, 7) is 7.64. The van der Waals surface area contributed by atoms with E-state index in [4.69, 9.17) is 4.74 Å². The highest BCUT2D eigenvalue weighted by molar-refractivity contribution is 5.93. The fourth-order valence-electron chi connectivity index (χ4n) is 3.85. The molecule has 0 saturated heterocycles. The Kier molecular flexibility index (Phi) is 10.2. The van der Waals surface area contributed by atoms with Crippen molar-refractivity contribution in [2.75, 3.05) is 20.7 Å². The third-order valence-electron chi connectivity index (χ3n) is 5.59. The first-order valence-electron chi connectivity index (χ1n) is 11.8. The SMILES string of the molecule is CCCO[C@H](C(=O)NO)C(Cc1ccc2ccccc2c1)C(=O)N[C@H](C(=O)NN(C)C)C(C)(C)C. The summed E-state index contributed by atoms with van der Waals surface area (Å²) >= 11 is 0. The second kappa shape index (κ2) is 12.6. The highest BCUT2D eigenvalue weighted by Crippen LogP contribution is 2.24. The van der Waals surface area contributed by atoms with Gasteiger partial charge in [-0.25, -0.2) is 10.5 Å². The number of hydrogen-bond acceptors (Lipinski definition) is 6. The first-order chi connectivity index (χ1) is 16.5. The van der Waals surface area contributed by atoms with E-state index in [0.29, 0.717) is 6.42 Å². The number of hydrogen-bond donors (Lipinski definition) is 4. The molecule has 0 aliphatic rings. The van der Waals surface area contributed by atoms with Crippen molar-refractivity contribution in [1.82, 2.24) is 21.2 Å². The van der Waals surface area contributed by atoms with Crippen LogP contribution in [-0.4, -0.2) is 60.8 Å². The molecule has 192 valence electrons. The molecular formula is C26H38N4O5. The van der Waals surface area contributed by atoms with E-state index >= 15 is 0 Å². The van der Waals surface area contributed by atoms with E-state index in [2.05, 4.69) is 10.7 Å². The van der Waals surface area contributed by atoms with Crippen LogP contribution in [0.25, 0.3) is 10.8 Å². The summed E-state index contributed by atoms with van der Waals surface area (Å²) in [5.41, 5.74) is 4.53. The molecule has 3 atom stereocenters. The minimum Gasteiger partial charge on any atom is -0.367 e. The monoisotopic (exact) mass is 486 g/mol. The number of hydroxylamine groups is 1. The zero-order chi connectivity index (χ0) is 26.2. The van der Waals surface area contributed by atoms with Gasteiger partial charge in [0.2, 0.25) is 5.91 Å². The van der Waals surface area contributed by atoms with Crippen molar-refractivity contribution in [1.29, 1.82) is 0 Å². The van der Waals surface area contributed by atoms with Crippen molar-refractivity contribution in [2.45, 2.75) is 52.7 Å². The van der Waals surface area contributed by atoms with Crippen molar-refractivity contribution >= 4 is 28.5 Å². The molecule has 0 radical (unpaired) electrons. The molecule has 9 nitrogen and oxygen atoms in total. The molecule has 2 aromatic rings. The standard InChI is InChI=1S/C26H38N4O5/c1-7-14-35-21(24(32)29-34)20(16-17-12-13-18-10-8-9-11-19(18)15-17)23(31)27-22(26(2,3)4)25(33)28-30(5)6/h8-13,15,20-22,34H,7,14,16H2,1-6H3,(H,27,31)(H,28,33)(H,29,32)/t20?,21-,22+/m0/s1. The lowest BCUT2D eigenvalue weighted by Crippen LogP contribution is -2.58. The number of rotatable bonds is 11. The van der Waals surface area contributed by atoms with Gasteiger partial charge >= 0.3 is 0 Å². The van der Waals surface area contributed by atoms with Gasteiger partial charge in [-0.05, 0) is 34.6 Å². The van der Waals surface area contributed by atoms with E-state index in [1.165, 1.54) is 5.01 Å². The molecule has 35 heavy (non-hydrogen) atoms. The predicted molar refractivity (Wildman–Crippen MR) is 134 cm³/mol. The molecule has 2 aromatic carbocycles. The average molecular weight is 487 g/mol. The summed E-state index contributed by atoms with van der Waals surface area (Å²) in [7, 11) is 3.37. The zero-order valence-electron chi connectivity index (χ0n) is 21.4. The van der Waals surface area contributed by atoms with Crippen LogP contribution in [0.4, 0.5) is 0 Å². The Hall–Kier alpha value is -3.01. The van der Waals surface area contributed by atoms with Gasteiger partial charge in [0.05, 0.1) is 5.92 Å². The van der Waals surface area contributed by atoms with Gasteiger partial charge in [0, 0.05) is 20.7 Å². The molecule has 0 aliphatic carbocycles. The van der Waals surface area contributed by atoms with Gasteiger partial charge in [0.15, 0.2) is 0 Å². The fourth-order valence-corrected chi connectivity index (χ4v) is 3.85. The van der Waals surface area contributed by atoms with E-state index in [1.54, 1.807) is 19.6 Å². The molecule has 4 N–H and O–H groups in total. The van der Waals surface area contributed by atoms with Gasteiger partial charge in [-0.3, -0.25) is 25.0 Å². The van der Waals surface area contributed by atoms with Crippen LogP contribution in [0, 0.1) is 11.3 Å². The van der Waals surface area contributed by atoms with Gasteiger partial charge < -0.3 is 10.1 Å². The third-order valence-corrected chi connectivity index (χ3v) is 5.59. The quantitative estimate of drug-likeness (QED) is 0.286. The average Bonchev–Trinajstić information content (AvgIpc) is 2.80. The molecule has 0 aromatic heterocycles. The molecule has 0 aliphatic heterocycles. The molecule has 0 fully saturated rings. The zero-order valence-corrected chi connectivity index (χ0v) is 21.4. The van der Waals surface area contributed by atoms with Gasteiger partial charge in [-0.1, -0.05) is 70.2 Å². The van der Waals surface area contributed by atoms with E-state index in [9.17, 15) is 19.6 Å². The van der Waals surface area contributed by atoms with Gasteiger partial charge in [-0.2, -0.15) is 0 Å². The lowest BCUT2D eigenvalue weighted by atomic mass is 9.84. The number of carbonyl (C=O) groups excluding carboxylic acids is 3. The van der Waals surface area contributed by atoms with E-state index in [-0.39, 0.29) is 18.9 Å². The minimum atomic E-state index is -1.25. The van der Waals surface area contributed by atoms with Crippen molar-refractivity contribution in [3.05, 3.63) is 48.0 Å². The number of hydrazine groups is 1. The third kappa shape index (κ3) is 8.02. The summed E-state index contributed by atoms with van der Waals surface area (Å²) in [6.07, 6.45) is -0.455. The largest absolute Gasteiger partial charge is 0.367 e. The Morgan fingerprint density at radius 3 is 2.23 bits per heavy atom. The lowest BCUT2D eigenvalue weighted by molar-refractivity contribution is -0.151. The fraction of sp³-hybridized carbons (Fsp3) is 0.500. The summed E-state index contributed by atoms with van der Waals surface area (Å²) in [5.74, 6) is -2.70. The van der Waals surface area contributed by atoms with Crippen LogP contribution >= 0.6 is 0 Å². The number of nitrogens with zero attached hydrogens (tertiary/aromatic N) is 1. The van der Waals surface area contributed by atoms with Crippen LogP contribution in [-0.2, 0) is 25.5 Å². The normalized spacial score (nSPS) is 14.3. The predicted octanol–water partition coefficient (Wildman–Crippen LogP) is 2.42. The summed E-state index contributed by atoms with van der Waals surface area (Å²) in [6, 6.07) is 12.8. The minimum absolute atomic E-state index is 0.171. The summed E-state index contributed by atoms with van der Waals surface area (Å²) in [5, 5.41) is 15.8. The van der Waals surface area contributed by atoms with Gasteiger partial charge in [-0.15, -0.1) is 0 Å². The number of carbonyl (C=O) groups is 3. The van der Waals surface area contributed by atoms with Crippen molar-refractivity contribution in [3.63, 3.8) is 0 Å². The topological polar surface area (TPSA) is 120 Å². The molecule has 0 saturated carbocycles. The van der Waals surface area contributed by atoms with Crippen molar-refractivity contribution in [3.8, 4) is 0 Å². The van der Waals surface area contributed by atoms with Crippen LogP contribution in [0.5, 0.6) is 0 Å². The smallest absolute Gasteiger partial charge is 0.273 e. The Morgan fingerprint density at radius 2 is 1.66 bits per heavy atom. The van der Waals surface area contributed by atoms with Crippen LogP contribution < -0.4 is 16.2 Å². The van der Waals surface area contributed by atoms with Crippen LogP contribution in [0.15, 0.2) is 42.5 Å². The summed E-state index contributed by atoms with van der Waals surface area (Å²) < 4.78 is 5.74. The maximum atomic E-state index is 13.6. The Balaban J connectivity index is 2.43. The highest BCUT2D eigenvalue weighted by Gasteiger charge is 2.39. The Morgan fingerprint density at radius 1 is 1.00 bits per heavy atom.